The zero-order chi connectivity index (χ0) is 21.5. The van der Waals surface area contributed by atoms with E-state index in [1.165, 1.54) is 0 Å². The van der Waals surface area contributed by atoms with Crippen LogP contribution in [0.2, 0.25) is 0 Å². The van der Waals surface area contributed by atoms with Gasteiger partial charge < -0.3 is 4.74 Å². The van der Waals surface area contributed by atoms with Crippen LogP contribution >= 0.6 is 23.5 Å². The minimum atomic E-state index is -0.0935. The summed E-state index contributed by atoms with van der Waals surface area (Å²) in [7, 11) is 4.13. The van der Waals surface area contributed by atoms with Crippen molar-refractivity contribution in [2.24, 2.45) is 0 Å². The molecule has 6 nitrogen and oxygen atoms in total. The number of rotatable bonds is 3. The van der Waals surface area contributed by atoms with Crippen molar-refractivity contribution in [3.05, 3.63) is 64.7 Å². The van der Waals surface area contributed by atoms with E-state index < -0.39 is 0 Å². The van der Waals surface area contributed by atoms with Crippen molar-refractivity contribution in [2.45, 2.75) is 17.6 Å². The van der Waals surface area contributed by atoms with Crippen molar-refractivity contribution >= 4 is 35.2 Å². The summed E-state index contributed by atoms with van der Waals surface area (Å²) in [6, 6.07) is 12.8. The van der Waals surface area contributed by atoms with Gasteiger partial charge in [-0.05, 0) is 32.3 Å². The lowest BCUT2D eigenvalue weighted by atomic mass is 9.97. The third kappa shape index (κ3) is 3.75. The van der Waals surface area contributed by atoms with Crippen molar-refractivity contribution in [1.29, 1.82) is 0 Å². The van der Waals surface area contributed by atoms with Gasteiger partial charge in [0, 0.05) is 41.3 Å². The van der Waals surface area contributed by atoms with E-state index >= 15 is 0 Å². The number of nitrogens with zero attached hydrogens (tertiary/aromatic N) is 3. The number of fused-ring (bicyclic) bond motifs is 2. The second-order valence-electron chi connectivity index (χ2n) is 8.05. The maximum atomic E-state index is 13.8. The molecule has 31 heavy (non-hydrogen) atoms. The molecule has 8 heteroatoms. The lowest BCUT2D eigenvalue weighted by molar-refractivity contribution is 0.0425. The van der Waals surface area contributed by atoms with E-state index in [0.717, 1.165) is 30.2 Å². The minimum absolute atomic E-state index is 0.0166. The summed E-state index contributed by atoms with van der Waals surface area (Å²) in [5, 5.41) is 0. The first-order valence-electron chi connectivity index (χ1n) is 10.4. The standard InChI is InChI=1S/C23H25N3O3S2/c1-24-9-11-30-22(24)26(23-25(2)10-12-31-23)21(28)15-7-8-19-18(13-15)20(27)17-6-4-3-5-16(17)14-29-19/h3-8,13,22-23H,9-12,14H2,1-2H3. The number of thioether (sulfide) groups is 2. The molecule has 0 radical (unpaired) electrons. The van der Waals surface area contributed by atoms with Gasteiger partial charge in [-0.15, -0.1) is 23.5 Å². The smallest absolute Gasteiger partial charge is 0.257 e. The summed E-state index contributed by atoms with van der Waals surface area (Å²) in [4.78, 5) is 33.5. The van der Waals surface area contributed by atoms with Gasteiger partial charge in [0.15, 0.2) is 5.78 Å². The van der Waals surface area contributed by atoms with Crippen molar-refractivity contribution in [3.63, 3.8) is 0 Å². The highest BCUT2D eigenvalue weighted by molar-refractivity contribution is 8.00. The first-order valence-corrected chi connectivity index (χ1v) is 12.5. The predicted octanol–water partition coefficient (Wildman–Crippen LogP) is 3.18. The fourth-order valence-corrected chi connectivity index (χ4v) is 7.01. The molecular weight excluding hydrogens is 430 g/mol. The van der Waals surface area contributed by atoms with Crippen molar-refractivity contribution < 1.29 is 14.3 Å². The van der Waals surface area contributed by atoms with E-state index in [-0.39, 0.29) is 22.7 Å². The maximum absolute atomic E-state index is 13.8. The topological polar surface area (TPSA) is 53.1 Å². The number of ketones is 1. The highest BCUT2D eigenvalue weighted by Crippen LogP contribution is 2.36. The molecule has 3 aliphatic rings. The summed E-state index contributed by atoms with van der Waals surface area (Å²) in [5.41, 5.74) is 2.45. The highest BCUT2D eigenvalue weighted by atomic mass is 32.2. The normalized spacial score (nSPS) is 23.7. The van der Waals surface area contributed by atoms with Crippen LogP contribution in [-0.4, -0.2) is 76.1 Å². The second-order valence-corrected chi connectivity index (χ2v) is 10.4. The van der Waals surface area contributed by atoms with E-state index in [1.54, 1.807) is 41.7 Å². The molecular formula is C23H25N3O3S2. The van der Waals surface area contributed by atoms with Gasteiger partial charge in [-0.2, -0.15) is 0 Å². The molecule has 2 fully saturated rings. The summed E-state index contributed by atoms with van der Waals surface area (Å²) >= 11 is 3.59. The Hall–Kier alpha value is -2.00. The molecule has 2 aromatic carbocycles. The van der Waals surface area contributed by atoms with Gasteiger partial charge in [-0.3, -0.25) is 24.3 Å². The summed E-state index contributed by atoms with van der Waals surface area (Å²) in [6.07, 6.45) is 0. The monoisotopic (exact) mass is 455 g/mol. The van der Waals surface area contributed by atoms with Crippen molar-refractivity contribution in [1.82, 2.24) is 14.7 Å². The van der Waals surface area contributed by atoms with E-state index in [0.29, 0.717) is 29.0 Å². The predicted molar refractivity (Wildman–Crippen MR) is 125 cm³/mol. The van der Waals surface area contributed by atoms with Crippen LogP contribution in [0.3, 0.4) is 0 Å². The Labute approximate surface area is 190 Å². The van der Waals surface area contributed by atoms with Crippen molar-refractivity contribution in [3.8, 4) is 5.75 Å². The molecule has 0 spiro atoms. The van der Waals surface area contributed by atoms with Crippen LogP contribution in [0.5, 0.6) is 5.75 Å². The largest absolute Gasteiger partial charge is 0.488 e. The Balaban J connectivity index is 1.52. The molecule has 5 rings (SSSR count). The van der Waals surface area contributed by atoms with Crippen LogP contribution in [0.25, 0.3) is 0 Å². The molecule has 0 aromatic heterocycles. The summed E-state index contributed by atoms with van der Waals surface area (Å²) in [5.74, 6) is 2.39. The molecule has 2 saturated heterocycles. The molecule has 1 amide bonds. The third-order valence-electron chi connectivity index (χ3n) is 6.00. The van der Waals surface area contributed by atoms with Crippen molar-refractivity contribution in [2.75, 3.05) is 38.7 Å². The number of carbonyl (C=O) groups is 2. The number of benzene rings is 2. The first kappa shape index (κ1) is 20.9. The van der Waals surface area contributed by atoms with Gasteiger partial charge >= 0.3 is 0 Å². The first-order chi connectivity index (χ1) is 15.0. The third-order valence-corrected chi connectivity index (χ3v) is 8.61. The van der Waals surface area contributed by atoms with Crippen LogP contribution in [0.15, 0.2) is 42.5 Å². The van der Waals surface area contributed by atoms with Crippen LogP contribution in [0.1, 0.15) is 31.8 Å². The molecule has 2 aromatic rings. The van der Waals surface area contributed by atoms with Gasteiger partial charge in [0.25, 0.3) is 5.91 Å². The number of ether oxygens (including phenoxy) is 1. The number of hydrogen-bond acceptors (Lipinski definition) is 7. The molecule has 2 unspecified atom stereocenters. The molecule has 0 N–H and O–H groups in total. The fraction of sp³-hybridized carbons (Fsp3) is 0.391. The van der Waals surface area contributed by atoms with Gasteiger partial charge in [-0.25, -0.2) is 0 Å². The molecule has 0 bridgehead atoms. The van der Waals surface area contributed by atoms with E-state index in [9.17, 15) is 9.59 Å². The fourth-order valence-electron chi connectivity index (χ4n) is 4.26. The minimum Gasteiger partial charge on any atom is -0.488 e. The Bertz CT molecular complexity index is 1010. The average Bonchev–Trinajstić information content (AvgIpc) is 3.37. The zero-order valence-electron chi connectivity index (χ0n) is 17.6. The SMILES string of the molecule is CN1CCSC1N(C(=O)c1ccc2c(c1)C(=O)c1ccccc1CO2)C1SCCN1C. The highest BCUT2D eigenvalue weighted by Gasteiger charge is 2.40. The van der Waals surface area contributed by atoms with Crippen LogP contribution < -0.4 is 4.74 Å². The molecule has 3 heterocycles. The van der Waals surface area contributed by atoms with Crippen LogP contribution in [0.4, 0.5) is 0 Å². The summed E-state index contributed by atoms with van der Waals surface area (Å²) < 4.78 is 5.90. The van der Waals surface area contributed by atoms with E-state index in [1.807, 2.05) is 29.2 Å². The number of hydrogen-bond donors (Lipinski definition) is 0. The molecule has 0 aliphatic carbocycles. The lowest BCUT2D eigenvalue weighted by Gasteiger charge is -2.39. The Morgan fingerprint density at radius 3 is 2.32 bits per heavy atom. The Morgan fingerprint density at radius 1 is 1.00 bits per heavy atom. The van der Waals surface area contributed by atoms with Crippen LogP contribution in [0, 0.1) is 0 Å². The number of amides is 1. The molecule has 0 saturated carbocycles. The lowest BCUT2D eigenvalue weighted by Crippen LogP contribution is -2.53. The molecule has 2 atom stereocenters. The second kappa shape index (κ2) is 8.50. The number of carbonyl (C=O) groups excluding carboxylic acids is 2. The van der Waals surface area contributed by atoms with Gasteiger partial charge in [0.2, 0.25) is 0 Å². The van der Waals surface area contributed by atoms with Gasteiger partial charge in [0.05, 0.1) is 5.56 Å². The Morgan fingerprint density at radius 2 is 1.68 bits per heavy atom. The maximum Gasteiger partial charge on any atom is 0.257 e. The Kier molecular flexibility index (Phi) is 5.73. The van der Waals surface area contributed by atoms with E-state index in [2.05, 4.69) is 23.9 Å². The average molecular weight is 456 g/mol. The van der Waals surface area contributed by atoms with Crippen LogP contribution in [-0.2, 0) is 6.61 Å². The molecule has 162 valence electrons. The zero-order valence-corrected chi connectivity index (χ0v) is 19.2. The quantitative estimate of drug-likeness (QED) is 0.705. The van der Waals surface area contributed by atoms with E-state index in [4.69, 9.17) is 4.74 Å². The van der Waals surface area contributed by atoms with Gasteiger partial charge in [-0.1, -0.05) is 24.3 Å². The molecule has 3 aliphatic heterocycles. The van der Waals surface area contributed by atoms with Gasteiger partial charge in [0.1, 0.15) is 23.4 Å². The summed E-state index contributed by atoms with van der Waals surface area (Å²) in [6.45, 7) is 2.25.